The van der Waals surface area contributed by atoms with Crippen LogP contribution in [0.25, 0.3) is 22.4 Å². The maximum atomic E-state index is 12.3. The van der Waals surface area contributed by atoms with Crippen molar-refractivity contribution in [2.24, 2.45) is 7.05 Å². The third-order valence-electron chi connectivity index (χ3n) is 4.99. The Balaban J connectivity index is 1.40. The molecule has 0 atom stereocenters. The van der Waals surface area contributed by atoms with Gasteiger partial charge in [-0.1, -0.05) is 5.16 Å². The molecule has 0 aromatic carbocycles. The summed E-state index contributed by atoms with van der Waals surface area (Å²) in [7, 11) is 3.41. The Kier molecular flexibility index (Phi) is 5.48. The summed E-state index contributed by atoms with van der Waals surface area (Å²) in [4.78, 5) is 25.1. The number of hydrogen-bond donors (Lipinski definition) is 2. The van der Waals surface area contributed by atoms with Crippen LogP contribution < -0.4 is 15.6 Å². The summed E-state index contributed by atoms with van der Waals surface area (Å²) < 4.78 is 12.2. The van der Waals surface area contributed by atoms with E-state index >= 15 is 0 Å². The number of hydrogen-bond acceptors (Lipinski definition) is 9. The van der Waals surface area contributed by atoms with Crippen LogP contribution in [-0.4, -0.2) is 42.9 Å². The zero-order valence-corrected chi connectivity index (χ0v) is 17.6. The van der Waals surface area contributed by atoms with E-state index in [9.17, 15) is 4.79 Å². The molecule has 11 heteroatoms. The number of aromatic nitrogens is 6. The van der Waals surface area contributed by atoms with Crippen LogP contribution in [0.3, 0.4) is 0 Å². The second-order valence-corrected chi connectivity index (χ2v) is 6.96. The predicted molar refractivity (Wildman–Crippen MR) is 112 cm³/mol. The number of carbonyl (C=O) groups is 1. The van der Waals surface area contributed by atoms with Gasteiger partial charge in [0.2, 0.25) is 17.6 Å². The van der Waals surface area contributed by atoms with Crippen LogP contribution in [-0.2, 0) is 18.3 Å². The van der Waals surface area contributed by atoms with Crippen molar-refractivity contribution in [3.63, 3.8) is 0 Å². The fraction of sp³-hybridized carbons (Fsp3) is 0.300. The van der Waals surface area contributed by atoms with Crippen molar-refractivity contribution in [3.05, 3.63) is 41.3 Å². The molecule has 1 amide bonds. The standard InChI is InChI=1S/C20H22N8O3/c1-11-14(12(2)22-18-16(11)19(30-4)26-28(18)3)5-6-15(29)24-25-20-23-17(27-31-20)13-7-9-21-10-8-13/h7-10H,5-6H2,1-4H3,(H,24,29)(H,23,25,27). The van der Waals surface area contributed by atoms with Gasteiger partial charge < -0.3 is 9.26 Å². The molecule has 0 saturated heterocycles. The van der Waals surface area contributed by atoms with Crippen LogP contribution in [0.5, 0.6) is 5.88 Å². The Labute approximate surface area is 177 Å². The molecule has 4 aromatic rings. The van der Waals surface area contributed by atoms with Crippen LogP contribution >= 0.6 is 0 Å². The van der Waals surface area contributed by atoms with Crippen molar-refractivity contribution in [1.29, 1.82) is 0 Å². The molecule has 0 radical (unpaired) electrons. The van der Waals surface area contributed by atoms with Gasteiger partial charge in [-0.2, -0.15) is 4.98 Å². The maximum absolute atomic E-state index is 12.3. The molecule has 4 aromatic heterocycles. The molecular weight excluding hydrogens is 400 g/mol. The number of nitrogens with one attached hydrogen (secondary N) is 2. The molecular formula is C20H22N8O3. The third-order valence-corrected chi connectivity index (χ3v) is 4.99. The summed E-state index contributed by atoms with van der Waals surface area (Å²) in [5.74, 6) is 0.701. The van der Waals surface area contributed by atoms with Gasteiger partial charge in [-0.25, -0.2) is 15.1 Å². The number of amides is 1. The molecule has 0 fully saturated rings. The Morgan fingerprint density at radius 3 is 2.74 bits per heavy atom. The minimum atomic E-state index is -0.222. The smallest absolute Gasteiger partial charge is 0.340 e. The van der Waals surface area contributed by atoms with Crippen molar-refractivity contribution < 1.29 is 14.1 Å². The summed E-state index contributed by atoms with van der Waals surface area (Å²) in [6.07, 6.45) is 4.03. The normalized spacial score (nSPS) is 11.0. The van der Waals surface area contributed by atoms with E-state index in [1.165, 1.54) is 0 Å². The highest BCUT2D eigenvalue weighted by molar-refractivity contribution is 5.86. The van der Waals surface area contributed by atoms with Crippen LogP contribution in [0.15, 0.2) is 29.0 Å². The monoisotopic (exact) mass is 422 g/mol. The maximum Gasteiger partial charge on any atom is 0.340 e. The predicted octanol–water partition coefficient (Wildman–Crippen LogP) is 2.11. The zero-order chi connectivity index (χ0) is 22.0. The number of nitrogens with zero attached hydrogens (tertiary/aromatic N) is 6. The Morgan fingerprint density at radius 2 is 2.00 bits per heavy atom. The Hall–Kier alpha value is -4.02. The van der Waals surface area contributed by atoms with E-state index in [1.54, 1.807) is 36.3 Å². The van der Waals surface area contributed by atoms with Crippen molar-refractivity contribution in [1.82, 2.24) is 35.3 Å². The minimum Gasteiger partial charge on any atom is -0.479 e. The molecule has 0 aliphatic rings. The largest absolute Gasteiger partial charge is 0.479 e. The fourth-order valence-corrected chi connectivity index (χ4v) is 3.42. The molecule has 0 bridgehead atoms. The first-order chi connectivity index (χ1) is 15.0. The topological polar surface area (TPSA) is 133 Å². The van der Waals surface area contributed by atoms with Gasteiger partial charge in [0.1, 0.15) is 0 Å². The number of carbonyl (C=O) groups excluding carboxylic acids is 1. The van der Waals surface area contributed by atoms with E-state index in [4.69, 9.17) is 9.26 Å². The molecule has 31 heavy (non-hydrogen) atoms. The molecule has 11 nitrogen and oxygen atoms in total. The summed E-state index contributed by atoms with van der Waals surface area (Å²) >= 11 is 0. The highest BCUT2D eigenvalue weighted by Crippen LogP contribution is 2.30. The number of pyridine rings is 2. The summed E-state index contributed by atoms with van der Waals surface area (Å²) in [6, 6.07) is 3.62. The summed E-state index contributed by atoms with van der Waals surface area (Å²) in [5.41, 5.74) is 9.59. The molecule has 0 aliphatic carbocycles. The van der Waals surface area contributed by atoms with Crippen molar-refractivity contribution in [2.45, 2.75) is 26.7 Å². The number of fused-ring (bicyclic) bond motifs is 1. The van der Waals surface area contributed by atoms with Gasteiger partial charge in [-0.3, -0.25) is 15.2 Å². The number of methoxy groups -OCH3 is 1. The molecule has 0 spiro atoms. The van der Waals surface area contributed by atoms with E-state index in [1.807, 2.05) is 20.9 Å². The number of anilines is 1. The van der Waals surface area contributed by atoms with Gasteiger partial charge in [0.15, 0.2) is 5.65 Å². The van der Waals surface area contributed by atoms with Gasteiger partial charge in [0, 0.05) is 37.1 Å². The lowest BCUT2D eigenvalue weighted by Gasteiger charge is -2.11. The minimum absolute atomic E-state index is 0.0932. The van der Waals surface area contributed by atoms with Gasteiger partial charge >= 0.3 is 6.01 Å². The van der Waals surface area contributed by atoms with Crippen molar-refractivity contribution in [3.8, 4) is 17.3 Å². The fourth-order valence-electron chi connectivity index (χ4n) is 3.42. The Bertz CT molecular complexity index is 1230. The number of rotatable bonds is 7. The molecule has 160 valence electrons. The molecule has 4 rings (SSSR count). The van der Waals surface area contributed by atoms with E-state index in [2.05, 4.69) is 36.1 Å². The van der Waals surface area contributed by atoms with E-state index in [0.29, 0.717) is 18.1 Å². The second kappa shape index (κ2) is 8.38. The first kappa shape index (κ1) is 20.3. The van der Waals surface area contributed by atoms with Crippen LogP contribution in [0, 0.1) is 13.8 Å². The molecule has 0 saturated carbocycles. The van der Waals surface area contributed by atoms with Gasteiger partial charge in [0.25, 0.3) is 0 Å². The lowest BCUT2D eigenvalue weighted by molar-refractivity contribution is -0.120. The van der Waals surface area contributed by atoms with Crippen molar-refractivity contribution in [2.75, 3.05) is 12.5 Å². The average Bonchev–Trinajstić information content (AvgIpc) is 3.37. The molecule has 0 unspecified atom stereocenters. The van der Waals surface area contributed by atoms with Crippen LogP contribution in [0.2, 0.25) is 0 Å². The summed E-state index contributed by atoms with van der Waals surface area (Å²) in [5, 5.41) is 9.08. The Morgan fingerprint density at radius 1 is 1.23 bits per heavy atom. The first-order valence-corrected chi connectivity index (χ1v) is 9.63. The van der Waals surface area contributed by atoms with Crippen LogP contribution in [0.4, 0.5) is 6.01 Å². The van der Waals surface area contributed by atoms with Gasteiger partial charge in [-0.15, -0.1) is 5.10 Å². The quantitative estimate of drug-likeness (QED) is 0.430. The summed E-state index contributed by atoms with van der Waals surface area (Å²) in [6.45, 7) is 3.92. The van der Waals surface area contributed by atoms with Crippen molar-refractivity contribution >= 4 is 23.0 Å². The first-order valence-electron chi connectivity index (χ1n) is 9.63. The lowest BCUT2D eigenvalue weighted by Crippen LogP contribution is -2.29. The van der Waals surface area contributed by atoms with E-state index in [-0.39, 0.29) is 18.3 Å². The molecule has 2 N–H and O–H groups in total. The van der Waals surface area contributed by atoms with Gasteiger partial charge in [-0.05, 0) is 43.5 Å². The molecule has 0 aliphatic heterocycles. The number of aryl methyl sites for hydroxylation is 3. The van der Waals surface area contributed by atoms with E-state index in [0.717, 1.165) is 33.4 Å². The average molecular weight is 422 g/mol. The van der Waals surface area contributed by atoms with E-state index < -0.39 is 0 Å². The highest BCUT2D eigenvalue weighted by atomic mass is 16.5. The number of hydrazine groups is 1. The second-order valence-electron chi connectivity index (χ2n) is 6.96. The third kappa shape index (κ3) is 4.02. The van der Waals surface area contributed by atoms with Crippen LogP contribution in [0.1, 0.15) is 23.2 Å². The lowest BCUT2D eigenvalue weighted by atomic mass is 10.00. The van der Waals surface area contributed by atoms with Gasteiger partial charge in [0.05, 0.1) is 12.5 Å². The highest BCUT2D eigenvalue weighted by Gasteiger charge is 2.18. The zero-order valence-electron chi connectivity index (χ0n) is 17.6. The number of ether oxygens (including phenoxy) is 1. The SMILES string of the molecule is COc1nn(C)c2nc(C)c(CCC(=O)NNc3nc(-c4ccncc4)no3)c(C)c12. The molecule has 4 heterocycles.